The van der Waals surface area contributed by atoms with E-state index >= 15 is 0 Å². The highest BCUT2D eigenvalue weighted by Gasteiger charge is 2.33. The van der Waals surface area contributed by atoms with Crippen LogP contribution in [0.2, 0.25) is 0 Å². The maximum Gasteiger partial charge on any atom is 0.573 e. The molecule has 124 valence electrons. The first-order chi connectivity index (χ1) is 10.4. The van der Waals surface area contributed by atoms with Gasteiger partial charge in [0, 0.05) is 6.07 Å². The number of rotatable bonds is 8. The van der Waals surface area contributed by atoms with Crippen molar-refractivity contribution in [3.8, 4) is 17.2 Å². The van der Waals surface area contributed by atoms with E-state index < -0.39 is 12.1 Å². The molecule has 1 fully saturated rings. The molecule has 0 bridgehead atoms. The maximum atomic E-state index is 12.4. The molecule has 2 rings (SSSR count). The Labute approximate surface area is 127 Å². The average molecular weight is 319 g/mol. The lowest BCUT2D eigenvalue weighted by Gasteiger charge is -2.16. The first kappa shape index (κ1) is 16.7. The fraction of sp³-hybridized carbons (Fsp3) is 0.600. The lowest BCUT2D eigenvalue weighted by Crippen LogP contribution is -2.20. The summed E-state index contributed by atoms with van der Waals surface area (Å²) in [6, 6.07) is 2.74. The van der Waals surface area contributed by atoms with Crippen LogP contribution in [0.25, 0.3) is 0 Å². The number of benzene rings is 1. The Balaban J connectivity index is 2.07. The molecule has 0 amide bonds. The SMILES string of the molecule is COc1cc(OC(F)(F)F)c(OC)cc1CCNCC1CC1. The average Bonchev–Trinajstić information content (AvgIpc) is 3.26. The third-order valence-corrected chi connectivity index (χ3v) is 3.49. The second kappa shape index (κ2) is 7.09. The van der Waals surface area contributed by atoms with E-state index in [1.54, 1.807) is 0 Å². The second-order valence-electron chi connectivity index (χ2n) is 5.26. The Bertz CT molecular complexity index is 502. The van der Waals surface area contributed by atoms with Crippen LogP contribution in [0.5, 0.6) is 17.2 Å². The van der Waals surface area contributed by atoms with Gasteiger partial charge in [-0.1, -0.05) is 0 Å². The minimum Gasteiger partial charge on any atom is -0.496 e. The van der Waals surface area contributed by atoms with Crippen LogP contribution in [0, 0.1) is 5.92 Å². The van der Waals surface area contributed by atoms with Gasteiger partial charge < -0.3 is 19.5 Å². The summed E-state index contributed by atoms with van der Waals surface area (Å²) in [4.78, 5) is 0. The van der Waals surface area contributed by atoms with E-state index in [9.17, 15) is 13.2 Å². The fourth-order valence-electron chi connectivity index (χ4n) is 2.18. The van der Waals surface area contributed by atoms with E-state index in [1.165, 1.54) is 39.2 Å². The summed E-state index contributed by atoms with van der Waals surface area (Å²) in [7, 11) is 2.72. The summed E-state index contributed by atoms with van der Waals surface area (Å²) < 4.78 is 51.3. The van der Waals surface area contributed by atoms with Crippen molar-refractivity contribution in [1.29, 1.82) is 0 Å². The maximum absolute atomic E-state index is 12.4. The summed E-state index contributed by atoms with van der Waals surface area (Å²) in [5.74, 6) is 0.768. The number of hydrogen-bond donors (Lipinski definition) is 1. The van der Waals surface area contributed by atoms with Gasteiger partial charge in [0.1, 0.15) is 5.75 Å². The van der Waals surface area contributed by atoms with Crippen molar-refractivity contribution in [3.63, 3.8) is 0 Å². The predicted octanol–water partition coefficient (Wildman–Crippen LogP) is 3.14. The van der Waals surface area contributed by atoms with Crippen LogP contribution in [-0.4, -0.2) is 33.7 Å². The van der Waals surface area contributed by atoms with Gasteiger partial charge >= 0.3 is 6.36 Å². The third-order valence-electron chi connectivity index (χ3n) is 3.49. The molecule has 7 heteroatoms. The zero-order chi connectivity index (χ0) is 16.2. The van der Waals surface area contributed by atoms with Gasteiger partial charge in [0.25, 0.3) is 0 Å². The molecule has 0 aromatic heterocycles. The van der Waals surface area contributed by atoms with Crippen molar-refractivity contribution in [1.82, 2.24) is 5.32 Å². The Morgan fingerprint density at radius 1 is 1.09 bits per heavy atom. The second-order valence-corrected chi connectivity index (χ2v) is 5.26. The standard InChI is InChI=1S/C15H20F3NO3/c1-20-12-8-14(22-15(16,17)18)13(21-2)7-11(12)5-6-19-9-10-3-4-10/h7-8,10,19H,3-6,9H2,1-2H3. The van der Waals surface area contributed by atoms with Crippen LogP contribution in [0.15, 0.2) is 12.1 Å². The van der Waals surface area contributed by atoms with Crippen molar-refractivity contribution >= 4 is 0 Å². The zero-order valence-corrected chi connectivity index (χ0v) is 12.6. The van der Waals surface area contributed by atoms with E-state index in [0.29, 0.717) is 12.2 Å². The summed E-state index contributed by atoms with van der Waals surface area (Å²) in [6.07, 6.45) is -1.59. The number of halogens is 3. The van der Waals surface area contributed by atoms with Gasteiger partial charge in [0.2, 0.25) is 0 Å². The Morgan fingerprint density at radius 3 is 2.32 bits per heavy atom. The van der Waals surface area contributed by atoms with Crippen molar-refractivity contribution in [3.05, 3.63) is 17.7 Å². The molecule has 1 N–H and O–H groups in total. The highest BCUT2D eigenvalue weighted by atomic mass is 19.4. The van der Waals surface area contributed by atoms with Crippen molar-refractivity contribution in [2.75, 3.05) is 27.3 Å². The van der Waals surface area contributed by atoms with Gasteiger partial charge in [-0.3, -0.25) is 0 Å². The minimum atomic E-state index is -4.77. The molecule has 0 heterocycles. The van der Waals surface area contributed by atoms with Crippen molar-refractivity contribution in [2.24, 2.45) is 5.92 Å². The number of ether oxygens (including phenoxy) is 3. The Hall–Kier alpha value is -1.63. The van der Waals surface area contributed by atoms with Crippen LogP contribution in [0.1, 0.15) is 18.4 Å². The number of alkyl halides is 3. The monoisotopic (exact) mass is 319 g/mol. The fourth-order valence-corrected chi connectivity index (χ4v) is 2.18. The van der Waals surface area contributed by atoms with E-state index in [1.807, 2.05) is 0 Å². The normalized spacial score (nSPS) is 14.8. The number of hydrogen-bond acceptors (Lipinski definition) is 4. The van der Waals surface area contributed by atoms with Gasteiger partial charge in [-0.2, -0.15) is 0 Å². The van der Waals surface area contributed by atoms with Gasteiger partial charge in [-0.05, 0) is 49.9 Å². The van der Waals surface area contributed by atoms with Gasteiger partial charge in [-0.25, -0.2) is 0 Å². The van der Waals surface area contributed by atoms with Gasteiger partial charge in [-0.15, -0.1) is 13.2 Å². The van der Waals surface area contributed by atoms with E-state index in [-0.39, 0.29) is 5.75 Å². The molecule has 0 spiro atoms. The van der Waals surface area contributed by atoms with E-state index in [0.717, 1.165) is 24.6 Å². The van der Waals surface area contributed by atoms with Crippen LogP contribution < -0.4 is 19.5 Å². The molecule has 0 radical (unpaired) electrons. The third kappa shape index (κ3) is 4.98. The van der Waals surface area contributed by atoms with Crippen LogP contribution in [-0.2, 0) is 6.42 Å². The molecule has 22 heavy (non-hydrogen) atoms. The van der Waals surface area contributed by atoms with E-state index in [4.69, 9.17) is 9.47 Å². The Morgan fingerprint density at radius 2 is 1.77 bits per heavy atom. The quantitative estimate of drug-likeness (QED) is 0.747. The molecule has 0 aliphatic heterocycles. The molecule has 1 saturated carbocycles. The van der Waals surface area contributed by atoms with Gasteiger partial charge in [0.15, 0.2) is 11.5 Å². The molecule has 0 unspecified atom stereocenters. The topological polar surface area (TPSA) is 39.7 Å². The number of methoxy groups -OCH3 is 2. The predicted molar refractivity (Wildman–Crippen MR) is 75.5 cm³/mol. The highest BCUT2D eigenvalue weighted by Crippen LogP contribution is 2.38. The summed E-state index contributed by atoms with van der Waals surface area (Å²) in [6.45, 7) is 1.71. The smallest absolute Gasteiger partial charge is 0.496 e. The first-order valence-electron chi connectivity index (χ1n) is 7.14. The molecule has 0 atom stereocenters. The number of nitrogens with one attached hydrogen (secondary N) is 1. The summed E-state index contributed by atoms with van der Waals surface area (Å²) in [5.41, 5.74) is 0.775. The van der Waals surface area contributed by atoms with Crippen LogP contribution >= 0.6 is 0 Å². The molecule has 4 nitrogen and oxygen atoms in total. The lowest BCUT2D eigenvalue weighted by molar-refractivity contribution is -0.275. The molecule has 1 aromatic carbocycles. The molecular formula is C15H20F3NO3. The molecule has 1 aliphatic rings. The molecular weight excluding hydrogens is 299 g/mol. The molecule has 1 aliphatic carbocycles. The molecule has 0 saturated heterocycles. The summed E-state index contributed by atoms with van der Waals surface area (Å²) in [5, 5.41) is 3.33. The lowest BCUT2D eigenvalue weighted by atomic mass is 10.1. The summed E-state index contributed by atoms with van der Waals surface area (Å²) >= 11 is 0. The minimum absolute atomic E-state index is 0.0373. The highest BCUT2D eigenvalue weighted by molar-refractivity contribution is 5.51. The Kier molecular flexibility index (Phi) is 5.39. The van der Waals surface area contributed by atoms with Crippen molar-refractivity contribution in [2.45, 2.75) is 25.6 Å². The van der Waals surface area contributed by atoms with Gasteiger partial charge in [0.05, 0.1) is 14.2 Å². The first-order valence-corrected chi connectivity index (χ1v) is 7.14. The zero-order valence-electron chi connectivity index (χ0n) is 12.6. The van der Waals surface area contributed by atoms with Crippen LogP contribution in [0.4, 0.5) is 13.2 Å². The van der Waals surface area contributed by atoms with Crippen molar-refractivity contribution < 1.29 is 27.4 Å². The van der Waals surface area contributed by atoms with Crippen LogP contribution in [0.3, 0.4) is 0 Å². The van der Waals surface area contributed by atoms with E-state index in [2.05, 4.69) is 10.1 Å². The molecule has 1 aromatic rings. The largest absolute Gasteiger partial charge is 0.573 e.